The van der Waals surface area contributed by atoms with E-state index in [1.807, 2.05) is 42.5 Å². The molecule has 5 heteroatoms. The summed E-state index contributed by atoms with van der Waals surface area (Å²) < 4.78 is 6.14. The van der Waals surface area contributed by atoms with E-state index >= 15 is 0 Å². The van der Waals surface area contributed by atoms with Crippen molar-refractivity contribution in [3.05, 3.63) is 48.0 Å². The summed E-state index contributed by atoms with van der Waals surface area (Å²) in [5.74, 6) is 0. The maximum Gasteiger partial charge on any atom is 0.160 e. The predicted molar refractivity (Wildman–Crippen MR) is 90.4 cm³/mol. The minimum atomic E-state index is -0.328. The average Bonchev–Trinajstić information content (AvgIpc) is 3.12. The second-order valence-electron chi connectivity index (χ2n) is 5.71. The van der Waals surface area contributed by atoms with Crippen molar-refractivity contribution in [3.63, 3.8) is 0 Å². The molecule has 0 saturated heterocycles. The van der Waals surface area contributed by atoms with Gasteiger partial charge in [0.1, 0.15) is 5.58 Å². The molecular formula is C18H18N2O3. The SMILES string of the molecule is OCC(CO)NCc1cccc2c1oc1c3ccccc3[nH]c21. The Morgan fingerprint density at radius 3 is 2.57 bits per heavy atom. The molecule has 4 aromatic rings. The van der Waals surface area contributed by atoms with Crippen LogP contribution in [0, 0.1) is 0 Å². The van der Waals surface area contributed by atoms with Gasteiger partial charge in [-0.25, -0.2) is 0 Å². The first-order chi connectivity index (χ1) is 11.3. The first-order valence-electron chi connectivity index (χ1n) is 7.67. The Bertz CT molecular complexity index is 966. The Labute approximate surface area is 132 Å². The van der Waals surface area contributed by atoms with E-state index in [1.54, 1.807) is 0 Å². The number of furan rings is 1. The van der Waals surface area contributed by atoms with Gasteiger partial charge in [0.05, 0.1) is 24.8 Å². The van der Waals surface area contributed by atoms with Crippen LogP contribution in [0.1, 0.15) is 5.56 Å². The molecule has 0 unspecified atom stereocenters. The maximum absolute atomic E-state index is 9.17. The van der Waals surface area contributed by atoms with Crippen LogP contribution in [0.2, 0.25) is 0 Å². The van der Waals surface area contributed by atoms with Crippen molar-refractivity contribution in [3.8, 4) is 0 Å². The molecule has 0 atom stereocenters. The predicted octanol–water partition coefficient (Wildman–Crippen LogP) is 2.51. The van der Waals surface area contributed by atoms with Crippen LogP contribution in [0.3, 0.4) is 0 Å². The van der Waals surface area contributed by atoms with Crippen molar-refractivity contribution in [2.24, 2.45) is 0 Å². The van der Waals surface area contributed by atoms with Crippen molar-refractivity contribution < 1.29 is 14.6 Å². The summed E-state index contributed by atoms with van der Waals surface area (Å²) in [7, 11) is 0. The molecule has 0 aliphatic rings. The Kier molecular flexibility index (Phi) is 3.53. The van der Waals surface area contributed by atoms with Crippen molar-refractivity contribution >= 4 is 33.0 Å². The first kappa shape index (κ1) is 14.3. The number of hydrogen-bond acceptors (Lipinski definition) is 4. The molecule has 0 amide bonds. The number of aromatic amines is 1. The smallest absolute Gasteiger partial charge is 0.160 e. The largest absolute Gasteiger partial charge is 0.453 e. The molecule has 4 rings (SSSR count). The number of benzene rings is 2. The normalized spacial score (nSPS) is 12.1. The number of aliphatic hydroxyl groups excluding tert-OH is 2. The number of hydrogen-bond donors (Lipinski definition) is 4. The molecule has 0 radical (unpaired) electrons. The minimum Gasteiger partial charge on any atom is -0.453 e. The minimum absolute atomic E-state index is 0.101. The highest BCUT2D eigenvalue weighted by Crippen LogP contribution is 2.35. The number of fused-ring (bicyclic) bond motifs is 5. The topological polar surface area (TPSA) is 81.4 Å². The standard InChI is InChI=1S/C18H18N2O3/c21-9-12(10-22)19-8-11-4-3-6-14-16-18(23-17(11)14)13-5-1-2-7-15(13)20-16/h1-7,12,19-22H,8-10H2. The van der Waals surface area contributed by atoms with Gasteiger partial charge in [0.25, 0.3) is 0 Å². The number of rotatable bonds is 5. The molecule has 0 bridgehead atoms. The Balaban J connectivity index is 1.82. The fourth-order valence-corrected chi connectivity index (χ4v) is 3.00. The van der Waals surface area contributed by atoms with Crippen LogP contribution < -0.4 is 5.32 Å². The summed E-state index contributed by atoms with van der Waals surface area (Å²) in [6, 6.07) is 13.8. The lowest BCUT2D eigenvalue weighted by molar-refractivity contribution is 0.170. The van der Waals surface area contributed by atoms with E-state index in [1.165, 1.54) is 0 Å². The van der Waals surface area contributed by atoms with Crippen molar-refractivity contribution in [1.82, 2.24) is 10.3 Å². The second kappa shape index (κ2) is 5.70. The van der Waals surface area contributed by atoms with Gasteiger partial charge in [-0.2, -0.15) is 0 Å². The molecule has 2 aromatic carbocycles. The molecule has 0 aliphatic heterocycles. The maximum atomic E-state index is 9.17. The zero-order valence-corrected chi connectivity index (χ0v) is 12.5. The number of para-hydroxylation sites is 2. The van der Waals surface area contributed by atoms with E-state index in [2.05, 4.69) is 10.3 Å². The van der Waals surface area contributed by atoms with E-state index in [4.69, 9.17) is 14.6 Å². The molecule has 0 aliphatic carbocycles. The van der Waals surface area contributed by atoms with Crippen LogP contribution in [0.25, 0.3) is 33.0 Å². The molecule has 0 spiro atoms. The molecule has 118 valence electrons. The number of nitrogens with one attached hydrogen (secondary N) is 2. The van der Waals surface area contributed by atoms with Gasteiger partial charge in [-0.05, 0) is 18.2 Å². The zero-order valence-electron chi connectivity index (χ0n) is 12.5. The molecule has 5 nitrogen and oxygen atoms in total. The van der Waals surface area contributed by atoms with Crippen LogP contribution in [0.15, 0.2) is 46.9 Å². The van der Waals surface area contributed by atoms with Gasteiger partial charge in [-0.15, -0.1) is 0 Å². The summed E-state index contributed by atoms with van der Waals surface area (Å²) in [4.78, 5) is 3.42. The number of H-pyrrole nitrogens is 1. The summed E-state index contributed by atoms with van der Waals surface area (Å²) in [6.07, 6.45) is 0. The third-order valence-corrected chi connectivity index (χ3v) is 4.25. The van der Waals surface area contributed by atoms with Crippen LogP contribution in [0.5, 0.6) is 0 Å². The highest BCUT2D eigenvalue weighted by molar-refractivity contribution is 6.15. The van der Waals surface area contributed by atoms with Gasteiger partial charge >= 0.3 is 0 Å². The summed E-state index contributed by atoms with van der Waals surface area (Å²) in [6.45, 7) is 0.323. The van der Waals surface area contributed by atoms with Gasteiger partial charge < -0.3 is 24.9 Å². The number of aromatic nitrogens is 1. The number of aliphatic hydroxyl groups is 2. The molecule has 2 heterocycles. The van der Waals surface area contributed by atoms with Crippen LogP contribution in [0.4, 0.5) is 0 Å². The Hall–Kier alpha value is -2.34. The molecule has 2 aromatic heterocycles. The molecule has 0 saturated carbocycles. The van der Waals surface area contributed by atoms with Crippen LogP contribution in [-0.4, -0.2) is 34.5 Å². The first-order valence-corrected chi connectivity index (χ1v) is 7.67. The van der Waals surface area contributed by atoms with Crippen molar-refractivity contribution in [2.75, 3.05) is 13.2 Å². The highest BCUT2D eigenvalue weighted by atomic mass is 16.3. The lowest BCUT2D eigenvalue weighted by atomic mass is 10.1. The summed E-state index contributed by atoms with van der Waals surface area (Å²) in [5.41, 5.74) is 4.77. The van der Waals surface area contributed by atoms with E-state index in [9.17, 15) is 0 Å². The monoisotopic (exact) mass is 310 g/mol. The van der Waals surface area contributed by atoms with Gasteiger partial charge in [-0.3, -0.25) is 0 Å². The zero-order chi connectivity index (χ0) is 15.8. The molecule has 0 fully saturated rings. The molecular weight excluding hydrogens is 292 g/mol. The van der Waals surface area contributed by atoms with E-state index in [0.717, 1.165) is 38.5 Å². The lowest BCUT2D eigenvalue weighted by Crippen LogP contribution is -2.35. The van der Waals surface area contributed by atoms with E-state index in [0.29, 0.717) is 6.54 Å². The third kappa shape index (κ3) is 2.30. The molecule has 23 heavy (non-hydrogen) atoms. The quantitative estimate of drug-likeness (QED) is 0.456. The Morgan fingerprint density at radius 1 is 0.957 bits per heavy atom. The lowest BCUT2D eigenvalue weighted by Gasteiger charge is -2.13. The second-order valence-corrected chi connectivity index (χ2v) is 5.71. The fourth-order valence-electron chi connectivity index (χ4n) is 3.00. The van der Waals surface area contributed by atoms with Gasteiger partial charge in [0, 0.05) is 28.4 Å². The van der Waals surface area contributed by atoms with Gasteiger partial charge in [0.2, 0.25) is 0 Å². The van der Waals surface area contributed by atoms with E-state index < -0.39 is 0 Å². The van der Waals surface area contributed by atoms with Crippen molar-refractivity contribution in [1.29, 1.82) is 0 Å². The van der Waals surface area contributed by atoms with Crippen LogP contribution >= 0.6 is 0 Å². The van der Waals surface area contributed by atoms with Crippen molar-refractivity contribution in [2.45, 2.75) is 12.6 Å². The molecule has 4 N–H and O–H groups in total. The van der Waals surface area contributed by atoms with E-state index in [-0.39, 0.29) is 19.3 Å². The fraction of sp³-hybridized carbons (Fsp3) is 0.222. The van der Waals surface area contributed by atoms with Crippen LogP contribution in [-0.2, 0) is 6.54 Å². The average molecular weight is 310 g/mol. The van der Waals surface area contributed by atoms with Gasteiger partial charge in [-0.1, -0.05) is 24.3 Å². The van der Waals surface area contributed by atoms with Gasteiger partial charge in [0.15, 0.2) is 5.58 Å². The summed E-state index contributed by atoms with van der Waals surface area (Å²) >= 11 is 0. The Morgan fingerprint density at radius 2 is 1.74 bits per heavy atom. The summed E-state index contributed by atoms with van der Waals surface area (Å²) in [5, 5.41) is 23.6. The third-order valence-electron chi connectivity index (χ3n) is 4.25. The highest BCUT2D eigenvalue weighted by Gasteiger charge is 2.15.